The summed E-state index contributed by atoms with van der Waals surface area (Å²) >= 11 is 5.39. The molecule has 0 aliphatic carbocycles. The fourth-order valence-electron chi connectivity index (χ4n) is 2.41. The van der Waals surface area contributed by atoms with Gasteiger partial charge in [0.2, 0.25) is 0 Å². The highest BCUT2D eigenvalue weighted by Crippen LogP contribution is 2.45. The molecule has 0 amide bonds. The minimum atomic E-state index is 0.265. The molecule has 2 aromatic rings. The van der Waals surface area contributed by atoms with E-state index in [9.17, 15) is 0 Å². The molecule has 0 saturated carbocycles. The lowest BCUT2D eigenvalue weighted by molar-refractivity contribution is 0.700. The van der Waals surface area contributed by atoms with E-state index < -0.39 is 0 Å². The summed E-state index contributed by atoms with van der Waals surface area (Å²) in [6.45, 7) is 10.5. The van der Waals surface area contributed by atoms with Crippen molar-refractivity contribution in [3.05, 3.63) is 22.6 Å². The number of rotatable bonds is 3. The molecule has 0 saturated heterocycles. The Hall–Kier alpha value is -0.720. The second-order valence-corrected chi connectivity index (χ2v) is 9.75. The molecule has 0 spiro atoms. The lowest BCUT2D eigenvalue weighted by atomic mass is 9.99. The highest BCUT2D eigenvalue weighted by atomic mass is 32.2. The third-order valence-corrected chi connectivity index (χ3v) is 7.13. The third-order valence-electron chi connectivity index (χ3n) is 3.39. The van der Waals surface area contributed by atoms with E-state index in [0.29, 0.717) is 5.82 Å². The van der Waals surface area contributed by atoms with Gasteiger partial charge >= 0.3 is 0 Å². The molecule has 0 fully saturated rings. The summed E-state index contributed by atoms with van der Waals surface area (Å²) < 4.78 is 0.265. The Morgan fingerprint density at radius 3 is 2.90 bits per heavy atom. The third kappa shape index (κ3) is 3.07. The SMILES string of the molecule is C=C(C)CSc1nc(N)c2c3c(sc2n1)CSC(C)(C)C3. The smallest absolute Gasteiger partial charge is 0.191 e. The molecular formula is C15H19N3S3. The van der Waals surface area contributed by atoms with Gasteiger partial charge in [-0.1, -0.05) is 37.8 Å². The van der Waals surface area contributed by atoms with Crippen LogP contribution in [0.4, 0.5) is 5.82 Å². The first kappa shape index (κ1) is 15.2. The molecule has 2 N–H and O–H groups in total. The summed E-state index contributed by atoms with van der Waals surface area (Å²) in [5, 5.41) is 1.84. The van der Waals surface area contributed by atoms with Crippen LogP contribution in [0.5, 0.6) is 0 Å². The quantitative estimate of drug-likeness (QED) is 0.507. The molecule has 6 heteroatoms. The topological polar surface area (TPSA) is 51.8 Å². The fraction of sp³-hybridized carbons (Fsp3) is 0.467. The summed E-state index contributed by atoms with van der Waals surface area (Å²) in [6.07, 6.45) is 1.04. The lowest BCUT2D eigenvalue weighted by Gasteiger charge is -2.28. The Kier molecular flexibility index (Phi) is 3.96. The zero-order valence-corrected chi connectivity index (χ0v) is 15.0. The maximum absolute atomic E-state index is 6.23. The molecule has 2 aromatic heterocycles. The normalized spacial score (nSPS) is 16.9. The fourth-order valence-corrected chi connectivity index (χ4v) is 5.50. The van der Waals surface area contributed by atoms with Crippen molar-refractivity contribution >= 4 is 50.9 Å². The van der Waals surface area contributed by atoms with Crippen molar-refractivity contribution in [3.63, 3.8) is 0 Å². The predicted octanol–water partition coefficient (Wildman–Crippen LogP) is 4.51. The number of nitrogen functional groups attached to an aromatic ring is 1. The first-order chi connectivity index (χ1) is 9.85. The van der Waals surface area contributed by atoms with Crippen LogP contribution in [0.1, 0.15) is 31.2 Å². The van der Waals surface area contributed by atoms with Gasteiger partial charge in [0.15, 0.2) is 5.16 Å². The van der Waals surface area contributed by atoms with Crippen LogP contribution in [0.25, 0.3) is 10.2 Å². The molecule has 21 heavy (non-hydrogen) atoms. The number of thiophene rings is 1. The van der Waals surface area contributed by atoms with Gasteiger partial charge in [0.25, 0.3) is 0 Å². The standard InChI is InChI=1S/C15H19N3S3/c1-8(2)6-19-14-17-12(16)11-9-5-15(3,4)20-7-10(9)21-13(11)18-14/h1,5-7H2,2-4H3,(H2,16,17,18). The average Bonchev–Trinajstić information content (AvgIpc) is 2.73. The first-order valence-corrected chi connectivity index (χ1v) is 9.63. The van der Waals surface area contributed by atoms with E-state index in [4.69, 9.17) is 10.7 Å². The zero-order valence-electron chi connectivity index (χ0n) is 12.5. The number of hydrogen-bond donors (Lipinski definition) is 1. The van der Waals surface area contributed by atoms with Gasteiger partial charge in [0.05, 0.1) is 5.39 Å². The van der Waals surface area contributed by atoms with E-state index in [-0.39, 0.29) is 4.75 Å². The summed E-state index contributed by atoms with van der Waals surface area (Å²) in [5.41, 5.74) is 8.72. The summed E-state index contributed by atoms with van der Waals surface area (Å²) in [7, 11) is 0. The predicted molar refractivity (Wildman–Crippen MR) is 96.4 cm³/mol. The maximum atomic E-state index is 6.23. The minimum Gasteiger partial charge on any atom is -0.383 e. The molecule has 3 nitrogen and oxygen atoms in total. The molecule has 1 aliphatic rings. The number of nitrogens with zero attached hydrogens (tertiary/aromatic N) is 2. The maximum Gasteiger partial charge on any atom is 0.191 e. The van der Waals surface area contributed by atoms with Gasteiger partial charge in [0.1, 0.15) is 10.6 Å². The molecule has 3 heterocycles. The van der Waals surface area contributed by atoms with Crippen molar-refractivity contribution in [1.82, 2.24) is 9.97 Å². The first-order valence-electron chi connectivity index (χ1n) is 6.84. The number of thioether (sulfide) groups is 2. The van der Waals surface area contributed by atoms with Gasteiger partial charge in [-0.15, -0.1) is 23.1 Å². The molecule has 112 valence electrons. The second-order valence-electron chi connectivity index (χ2n) is 6.05. The van der Waals surface area contributed by atoms with Crippen LogP contribution < -0.4 is 5.73 Å². The van der Waals surface area contributed by atoms with Gasteiger partial charge in [-0.3, -0.25) is 0 Å². The Morgan fingerprint density at radius 1 is 1.43 bits per heavy atom. The van der Waals surface area contributed by atoms with E-state index >= 15 is 0 Å². The van der Waals surface area contributed by atoms with E-state index in [1.54, 1.807) is 23.1 Å². The van der Waals surface area contributed by atoms with Crippen LogP contribution in [-0.2, 0) is 12.2 Å². The highest BCUT2D eigenvalue weighted by Gasteiger charge is 2.30. The second kappa shape index (κ2) is 5.48. The molecular weight excluding hydrogens is 318 g/mol. The Morgan fingerprint density at radius 2 is 2.19 bits per heavy atom. The van der Waals surface area contributed by atoms with E-state index in [2.05, 4.69) is 25.4 Å². The van der Waals surface area contributed by atoms with Gasteiger partial charge in [-0.05, 0) is 18.9 Å². The van der Waals surface area contributed by atoms with Gasteiger partial charge in [0, 0.05) is 21.1 Å². The van der Waals surface area contributed by atoms with Crippen LogP contribution in [0.15, 0.2) is 17.3 Å². The van der Waals surface area contributed by atoms with Crippen LogP contribution in [0.2, 0.25) is 0 Å². The van der Waals surface area contributed by atoms with Crippen molar-refractivity contribution in [1.29, 1.82) is 0 Å². The number of hydrogen-bond acceptors (Lipinski definition) is 6. The highest BCUT2D eigenvalue weighted by molar-refractivity contribution is 8.00. The number of nitrogens with two attached hydrogens (primary N) is 1. The van der Waals surface area contributed by atoms with E-state index in [1.807, 2.05) is 18.7 Å². The molecule has 0 atom stereocenters. The Labute approximate surface area is 137 Å². The molecule has 1 aliphatic heterocycles. The Balaban J connectivity index is 2.04. The van der Waals surface area contributed by atoms with E-state index in [1.165, 1.54) is 10.4 Å². The van der Waals surface area contributed by atoms with E-state index in [0.717, 1.165) is 38.9 Å². The average molecular weight is 338 g/mol. The molecule has 0 bridgehead atoms. The van der Waals surface area contributed by atoms with Crippen molar-refractivity contribution < 1.29 is 0 Å². The monoisotopic (exact) mass is 337 g/mol. The van der Waals surface area contributed by atoms with Crippen molar-refractivity contribution in [3.8, 4) is 0 Å². The van der Waals surface area contributed by atoms with Crippen molar-refractivity contribution in [2.75, 3.05) is 11.5 Å². The van der Waals surface area contributed by atoms with Crippen molar-refractivity contribution in [2.24, 2.45) is 0 Å². The van der Waals surface area contributed by atoms with Crippen LogP contribution in [0, 0.1) is 0 Å². The molecule has 0 radical (unpaired) electrons. The summed E-state index contributed by atoms with van der Waals surface area (Å²) in [5.74, 6) is 2.51. The number of fused-ring (bicyclic) bond motifs is 3. The molecule has 0 aromatic carbocycles. The zero-order chi connectivity index (χ0) is 15.2. The number of aromatic nitrogens is 2. The van der Waals surface area contributed by atoms with Crippen LogP contribution in [-0.4, -0.2) is 20.5 Å². The van der Waals surface area contributed by atoms with Crippen LogP contribution in [0.3, 0.4) is 0 Å². The molecule has 3 rings (SSSR count). The largest absolute Gasteiger partial charge is 0.383 e. The van der Waals surface area contributed by atoms with Gasteiger partial charge in [-0.2, -0.15) is 0 Å². The Bertz CT molecular complexity index is 719. The van der Waals surface area contributed by atoms with Crippen molar-refractivity contribution in [2.45, 2.75) is 42.8 Å². The van der Waals surface area contributed by atoms with Gasteiger partial charge < -0.3 is 5.73 Å². The summed E-state index contributed by atoms with van der Waals surface area (Å²) in [4.78, 5) is 11.6. The molecule has 0 unspecified atom stereocenters. The lowest BCUT2D eigenvalue weighted by Crippen LogP contribution is -2.22. The minimum absolute atomic E-state index is 0.265. The number of anilines is 1. The van der Waals surface area contributed by atoms with Crippen LogP contribution >= 0.6 is 34.9 Å². The van der Waals surface area contributed by atoms with Gasteiger partial charge in [-0.25, -0.2) is 9.97 Å². The summed E-state index contributed by atoms with van der Waals surface area (Å²) in [6, 6.07) is 0.